The lowest BCUT2D eigenvalue weighted by Crippen LogP contribution is -1.99. The summed E-state index contributed by atoms with van der Waals surface area (Å²) in [5, 5.41) is 9.17. The number of carboxylic acids is 1. The number of carboxylic acid groups (broad SMARTS) is 1. The maximum Gasteiger partial charge on any atom is 0.352 e. The van der Waals surface area contributed by atoms with Crippen LogP contribution >= 0.6 is 0 Å². The van der Waals surface area contributed by atoms with Gasteiger partial charge in [0.1, 0.15) is 5.69 Å². The van der Waals surface area contributed by atoms with Gasteiger partial charge in [0.25, 0.3) is 0 Å². The summed E-state index contributed by atoms with van der Waals surface area (Å²) in [5.74, 6) is -0.916. The van der Waals surface area contributed by atoms with Gasteiger partial charge in [-0.05, 0) is 25.0 Å². The molecule has 2 aromatic rings. The fourth-order valence-electron chi connectivity index (χ4n) is 1.91. The van der Waals surface area contributed by atoms with E-state index in [9.17, 15) is 9.90 Å². The third-order valence-electron chi connectivity index (χ3n) is 2.80. The minimum Gasteiger partial charge on any atom is -0.477 e. The molecule has 88 valence electrons. The van der Waals surface area contributed by atoms with Gasteiger partial charge in [-0.15, -0.1) is 0 Å². The molecule has 0 aliphatic carbocycles. The van der Waals surface area contributed by atoms with E-state index in [1.54, 1.807) is 0 Å². The van der Waals surface area contributed by atoms with Crippen molar-refractivity contribution in [2.24, 2.45) is 0 Å². The molecular formula is C14H15NO2. The highest BCUT2D eigenvalue weighted by Gasteiger charge is 2.15. The van der Waals surface area contributed by atoms with Gasteiger partial charge in [-0.25, -0.2) is 4.79 Å². The predicted molar refractivity (Wildman–Crippen MR) is 67.3 cm³/mol. The second-order valence-electron chi connectivity index (χ2n) is 4.11. The highest BCUT2D eigenvalue weighted by Crippen LogP contribution is 2.26. The van der Waals surface area contributed by atoms with E-state index in [1.807, 2.05) is 44.2 Å². The van der Waals surface area contributed by atoms with Crippen LogP contribution in [0.2, 0.25) is 0 Å². The zero-order chi connectivity index (χ0) is 12.4. The molecule has 1 aromatic carbocycles. The van der Waals surface area contributed by atoms with Crippen LogP contribution < -0.4 is 0 Å². The Morgan fingerprint density at radius 3 is 2.71 bits per heavy atom. The van der Waals surface area contributed by atoms with Crippen LogP contribution in [0.4, 0.5) is 0 Å². The van der Waals surface area contributed by atoms with E-state index in [2.05, 4.69) is 4.98 Å². The maximum atomic E-state index is 11.2. The summed E-state index contributed by atoms with van der Waals surface area (Å²) in [7, 11) is 0. The average molecular weight is 229 g/mol. The van der Waals surface area contributed by atoms with Crippen LogP contribution in [0, 0.1) is 6.92 Å². The average Bonchev–Trinajstić information content (AvgIpc) is 2.73. The Labute approximate surface area is 100 Å². The molecule has 0 atom stereocenters. The van der Waals surface area contributed by atoms with Gasteiger partial charge in [-0.2, -0.15) is 0 Å². The fraction of sp³-hybridized carbons (Fsp3) is 0.214. The molecule has 0 aliphatic rings. The first-order valence-corrected chi connectivity index (χ1v) is 5.64. The minimum atomic E-state index is -0.916. The van der Waals surface area contributed by atoms with Crippen molar-refractivity contribution in [1.29, 1.82) is 0 Å². The van der Waals surface area contributed by atoms with Crippen LogP contribution in [0.25, 0.3) is 11.1 Å². The highest BCUT2D eigenvalue weighted by atomic mass is 16.4. The van der Waals surface area contributed by atoms with Crippen LogP contribution in [-0.4, -0.2) is 16.1 Å². The van der Waals surface area contributed by atoms with E-state index in [4.69, 9.17) is 0 Å². The summed E-state index contributed by atoms with van der Waals surface area (Å²) in [6, 6.07) is 9.78. The normalized spacial score (nSPS) is 10.5. The number of aromatic nitrogens is 1. The Balaban J connectivity index is 2.57. The fourth-order valence-corrected chi connectivity index (χ4v) is 1.91. The summed E-state index contributed by atoms with van der Waals surface area (Å²) in [6.07, 6.45) is 0.798. The molecule has 0 saturated heterocycles. The van der Waals surface area contributed by atoms with Gasteiger partial charge >= 0.3 is 5.97 Å². The summed E-state index contributed by atoms with van der Waals surface area (Å²) >= 11 is 0. The van der Waals surface area contributed by atoms with Gasteiger partial charge in [0.15, 0.2) is 0 Å². The van der Waals surface area contributed by atoms with E-state index < -0.39 is 5.97 Å². The molecule has 3 nitrogen and oxygen atoms in total. The smallest absolute Gasteiger partial charge is 0.352 e. The molecule has 2 N–H and O–H groups in total. The van der Waals surface area contributed by atoms with Crippen molar-refractivity contribution in [1.82, 2.24) is 4.98 Å². The molecule has 3 heteroatoms. The molecule has 0 amide bonds. The molecule has 0 radical (unpaired) electrons. The van der Waals surface area contributed by atoms with Crippen molar-refractivity contribution in [3.63, 3.8) is 0 Å². The monoisotopic (exact) mass is 229 g/mol. The minimum absolute atomic E-state index is 0.271. The lowest BCUT2D eigenvalue weighted by molar-refractivity contribution is 0.0692. The van der Waals surface area contributed by atoms with Crippen LogP contribution in [-0.2, 0) is 6.42 Å². The number of aryl methyl sites for hydroxylation is 2. The van der Waals surface area contributed by atoms with Crippen LogP contribution in [0.15, 0.2) is 30.3 Å². The Morgan fingerprint density at radius 1 is 1.35 bits per heavy atom. The molecule has 0 aliphatic heterocycles. The second kappa shape index (κ2) is 4.45. The zero-order valence-electron chi connectivity index (χ0n) is 9.95. The number of carbonyl (C=O) groups is 1. The first-order chi connectivity index (χ1) is 8.11. The van der Waals surface area contributed by atoms with Gasteiger partial charge in [0.05, 0.1) is 0 Å². The van der Waals surface area contributed by atoms with Crippen molar-refractivity contribution in [2.45, 2.75) is 20.3 Å². The quantitative estimate of drug-likeness (QED) is 0.848. The van der Waals surface area contributed by atoms with Crippen molar-refractivity contribution >= 4 is 5.97 Å². The molecule has 17 heavy (non-hydrogen) atoms. The first-order valence-electron chi connectivity index (χ1n) is 5.64. The van der Waals surface area contributed by atoms with Crippen molar-refractivity contribution in [2.75, 3.05) is 0 Å². The summed E-state index contributed by atoms with van der Waals surface area (Å²) < 4.78 is 0. The van der Waals surface area contributed by atoms with Gasteiger partial charge in [-0.1, -0.05) is 36.8 Å². The topological polar surface area (TPSA) is 53.1 Å². The van der Waals surface area contributed by atoms with E-state index in [-0.39, 0.29) is 5.69 Å². The summed E-state index contributed by atoms with van der Waals surface area (Å²) in [6.45, 7) is 3.99. The molecule has 0 bridgehead atoms. The molecule has 0 saturated carbocycles. The van der Waals surface area contributed by atoms with E-state index in [0.29, 0.717) is 0 Å². The van der Waals surface area contributed by atoms with Crippen LogP contribution in [0.3, 0.4) is 0 Å². The zero-order valence-corrected chi connectivity index (χ0v) is 9.95. The standard InChI is InChI=1S/C14H15NO2/c1-3-11-8-12(13(15-11)14(16)17)10-6-4-5-9(2)7-10/h4-8,15H,3H2,1-2H3,(H,16,17). The van der Waals surface area contributed by atoms with Crippen molar-refractivity contribution in [3.05, 3.63) is 47.3 Å². The summed E-state index contributed by atoms with van der Waals surface area (Å²) in [5.41, 5.74) is 4.04. The van der Waals surface area contributed by atoms with Crippen LogP contribution in [0.1, 0.15) is 28.7 Å². The number of hydrogen-bond acceptors (Lipinski definition) is 1. The van der Waals surface area contributed by atoms with E-state index in [0.717, 1.165) is 28.8 Å². The Kier molecular flexibility index (Phi) is 3.00. The molecular weight excluding hydrogens is 214 g/mol. The number of rotatable bonds is 3. The van der Waals surface area contributed by atoms with Crippen molar-refractivity contribution in [3.8, 4) is 11.1 Å². The molecule has 0 spiro atoms. The number of nitrogens with one attached hydrogen (secondary N) is 1. The SMILES string of the molecule is CCc1cc(-c2cccc(C)c2)c(C(=O)O)[nH]1. The Hall–Kier alpha value is -2.03. The lowest BCUT2D eigenvalue weighted by Gasteiger charge is -2.01. The lowest BCUT2D eigenvalue weighted by atomic mass is 10.0. The maximum absolute atomic E-state index is 11.2. The number of benzene rings is 1. The third-order valence-corrected chi connectivity index (χ3v) is 2.80. The van der Waals surface area contributed by atoms with E-state index >= 15 is 0 Å². The van der Waals surface area contributed by atoms with E-state index in [1.165, 1.54) is 0 Å². The molecule has 1 heterocycles. The molecule has 2 rings (SSSR count). The number of H-pyrrole nitrogens is 1. The molecule has 0 unspecified atom stereocenters. The third kappa shape index (κ3) is 2.23. The first kappa shape index (κ1) is 11.5. The Morgan fingerprint density at radius 2 is 2.12 bits per heavy atom. The van der Waals surface area contributed by atoms with Gasteiger partial charge in [0, 0.05) is 11.3 Å². The predicted octanol–water partition coefficient (Wildman–Crippen LogP) is 3.25. The second-order valence-corrected chi connectivity index (χ2v) is 4.11. The number of aromatic amines is 1. The Bertz CT molecular complexity index is 555. The largest absolute Gasteiger partial charge is 0.477 e. The number of aromatic carboxylic acids is 1. The number of hydrogen-bond donors (Lipinski definition) is 2. The molecule has 1 aromatic heterocycles. The summed E-state index contributed by atoms with van der Waals surface area (Å²) in [4.78, 5) is 14.1. The molecule has 0 fully saturated rings. The van der Waals surface area contributed by atoms with Crippen molar-refractivity contribution < 1.29 is 9.90 Å². The highest BCUT2D eigenvalue weighted by molar-refractivity contribution is 5.94. The van der Waals surface area contributed by atoms with Gasteiger partial charge in [-0.3, -0.25) is 0 Å². The van der Waals surface area contributed by atoms with Gasteiger partial charge in [0.2, 0.25) is 0 Å². The van der Waals surface area contributed by atoms with Gasteiger partial charge < -0.3 is 10.1 Å². The van der Waals surface area contributed by atoms with Crippen LogP contribution in [0.5, 0.6) is 0 Å².